The number of carbonyl (C=O) groups excluding carboxylic acids is 4. The van der Waals surface area contributed by atoms with Gasteiger partial charge in [-0.25, -0.2) is 4.79 Å². The molecular weight excluding hydrogens is 360 g/mol. The van der Waals surface area contributed by atoms with E-state index >= 15 is 0 Å². The monoisotopic (exact) mass is 386 g/mol. The van der Waals surface area contributed by atoms with Crippen molar-refractivity contribution in [2.75, 3.05) is 11.4 Å². The summed E-state index contributed by atoms with van der Waals surface area (Å²) in [6.45, 7) is 5.81. The normalized spacial score (nSPS) is 23.4. The van der Waals surface area contributed by atoms with Gasteiger partial charge < -0.3 is 9.64 Å². The minimum atomic E-state index is -0.795. The Morgan fingerprint density at radius 1 is 1.11 bits per heavy atom. The number of nitrogens with one attached hydrogen (secondary N) is 1. The molecule has 150 valence electrons. The number of carbonyl (C=O) groups is 4. The molecule has 1 atom stereocenters. The molecular formula is C21H26N2O5. The molecule has 2 aliphatic rings. The van der Waals surface area contributed by atoms with E-state index in [2.05, 4.69) is 5.32 Å². The number of imide groups is 1. The number of amides is 3. The van der Waals surface area contributed by atoms with Gasteiger partial charge in [-0.2, -0.15) is 0 Å². The van der Waals surface area contributed by atoms with Crippen LogP contribution in [0.4, 0.5) is 5.69 Å². The molecule has 2 saturated heterocycles. The Labute approximate surface area is 164 Å². The maximum Gasteiger partial charge on any atom is 0.338 e. The maximum absolute atomic E-state index is 12.8. The van der Waals surface area contributed by atoms with Gasteiger partial charge in [0.2, 0.25) is 17.7 Å². The van der Waals surface area contributed by atoms with Crippen LogP contribution in [0.25, 0.3) is 0 Å². The maximum atomic E-state index is 12.8. The van der Waals surface area contributed by atoms with Crippen molar-refractivity contribution in [3.63, 3.8) is 0 Å². The fraction of sp³-hybridized carbons (Fsp3) is 0.524. The summed E-state index contributed by atoms with van der Waals surface area (Å²) < 4.78 is 5.35. The van der Waals surface area contributed by atoms with Crippen LogP contribution >= 0.6 is 0 Å². The fourth-order valence-electron chi connectivity index (χ4n) is 3.74. The van der Waals surface area contributed by atoms with Crippen LogP contribution in [0.3, 0.4) is 0 Å². The van der Waals surface area contributed by atoms with Crippen molar-refractivity contribution >= 4 is 29.4 Å². The zero-order valence-electron chi connectivity index (χ0n) is 16.5. The molecule has 0 unspecified atom stereocenters. The summed E-state index contributed by atoms with van der Waals surface area (Å²) in [7, 11) is 0. The van der Waals surface area contributed by atoms with E-state index in [9.17, 15) is 19.2 Å². The Bertz CT molecular complexity index is 809. The highest BCUT2D eigenvalue weighted by molar-refractivity contribution is 6.04. The van der Waals surface area contributed by atoms with Crippen LogP contribution in [0.5, 0.6) is 0 Å². The van der Waals surface area contributed by atoms with Crippen molar-refractivity contribution in [1.29, 1.82) is 0 Å². The quantitative estimate of drug-likeness (QED) is 0.623. The zero-order valence-corrected chi connectivity index (χ0v) is 16.5. The summed E-state index contributed by atoms with van der Waals surface area (Å²) in [6.07, 6.45) is 2.06. The highest BCUT2D eigenvalue weighted by Gasteiger charge is 2.46. The van der Waals surface area contributed by atoms with Crippen molar-refractivity contribution in [2.24, 2.45) is 5.41 Å². The third-order valence-corrected chi connectivity index (χ3v) is 5.21. The third-order valence-electron chi connectivity index (χ3n) is 5.21. The van der Waals surface area contributed by atoms with Gasteiger partial charge in [-0.1, -0.05) is 0 Å². The van der Waals surface area contributed by atoms with Gasteiger partial charge in [0, 0.05) is 25.1 Å². The Hall–Kier alpha value is -2.70. The average Bonchev–Trinajstić information content (AvgIpc) is 2.72. The lowest BCUT2D eigenvalue weighted by atomic mass is 9.74. The SMILES string of the molecule is CC(C)(C)OC(=O)c1ccc(N2CC[C@]3(CCCC(=O)NC3=O)CC2=O)cc1. The van der Waals surface area contributed by atoms with Gasteiger partial charge in [0.05, 0.1) is 11.0 Å². The van der Waals surface area contributed by atoms with Gasteiger partial charge in [-0.05, 0) is 64.3 Å². The van der Waals surface area contributed by atoms with Crippen LogP contribution in [0, 0.1) is 5.41 Å². The summed E-state index contributed by atoms with van der Waals surface area (Å²) >= 11 is 0. The minimum absolute atomic E-state index is 0.0833. The van der Waals surface area contributed by atoms with E-state index in [1.165, 1.54) is 0 Å². The molecule has 3 rings (SSSR count). The largest absolute Gasteiger partial charge is 0.456 e. The summed E-state index contributed by atoms with van der Waals surface area (Å²) in [5, 5.41) is 2.42. The number of benzene rings is 1. The van der Waals surface area contributed by atoms with E-state index in [1.54, 1.807) is 49.9 Å². The first kappa shape index (κ1) is 20.0. The molecule has 3 amide bonds. The molecule has 2 fully saturated rings. The minimum Gasteiger partial charge on any atom is -0.456 e. The Morgan fingerprint density at radius 3 is 2.39 bits per heavy atom. The van der Waals surface area contributed by atoms with E-state index in [-0.39, 0.29) is 24.1 Å². The Kier molecular flexibility index (Phi) is 5.28. The first-order valence-electron chi connectivity index (χ1n) is 9.58. The van der Waals surface area contributed by atoms with Crippen molar-refractivity contribution < 1.29 is 23.9 Å². The second-order valence-corrected chi connectivity index (χ2v) is 8.53. The molecule has 0 saturated carbocycles. The molecule has 0 aliphatic carbocycles. The van der Waals surface area contributed by atoms with Crippen molar-refractivity contribution in [3.8, 4) is 0 Å². The average molecular weight is 386 g/mol. The summed E-state index contributed by atoms with van der Waals surface area (Å²) in [5.74, 6) is -1.17. The third kappa shape index (κ3) is 4.24. The zero-order chi connectivity index (χ0) is 20.5. The van der Waals surface area contributed by atoms with Gasteiger partial charge in [0.15, 0.2) is 0 Å². The lowest BCUT2D eigenvalue weighted by molar-refractivity contribution is -0.140. The van der Waals surface area contributed by atoms with Crippen LogP contribution in [-0.2, 0) is 19.1 Å². The van der Waals surface area contributed by atoms with E-state index in [1.807, 2.05) is 0 Å². The summed E-state index contributed by atoms with van der Waals surface area (Å²) in [6, 6.07) is 6.70. The molecule has 2 aliphatic heterocycles. The number of hydrogen-bond acceptors (Lipinski definition) is 5. The first-order chi connectivity index (χ1) is 13.1. The number of hydrogen-bond donors (Lipinski definition) is 1. The molecule has 1 N–H and O–H groups in total. The predicted octanol–water partition coefficient (Wildman–Crippen LogP) is 2.58. The van der Waals surface area contributed by atoms with Crippen LogP contribution in [0.1, 0.15) is 63.2 Å². The number of rotatable bonds is 2. The van der Waals surface area contributed by atoms with Gasteiger partial charge in [-0.15, -0.1) is 0 Å². The van der Waals surface area contributed by atoms with E-state index in [4.69, 9.17) is 4.74 Å². The van der Waals surface area contributed by atoms with E-state index < -0.39 is 17.0 Å². The molecule has 28 heavy (non-hydrogen) atoms. The molecule has 0 radical (unpaired) electrons. The topological polar surface area (TPSA) is 92.8 Å². The molecule has 1 aromatic carbocycles. The van der Waals surface area contributed by atoms with Crippen LogP contribution < -0.4 is 10.2 Å². The molecule has 7 nitrogen and oxygen atoms in total. The number of anilines is 1. The fourth-order valence-corrected chi connectivity index (χ4v) is 3.74. The van der Waals surface area contributed by atoms with E-state index in [0.717, 1.165) is 0 Å². The molecule has 0 bridgehead atoms. The van der Waals surface area contributed by atoms with Crippen LogP contribution in [-0.4, -0.2) is 35.8 Å². The van der Waals surface area contributed by atoms with Crippen LogP contribution in [0.15, 0.2) is 24.3 Å². The van der Waals surface area contributed by atoms with Gasteiger partial charge in [0.1, 0.15) is 5.60 Å². The van der Waals surface area contributed by atoms with Crippen molar-refractivity contribution in [3.05, 3.63) is 29.8 Å². The first-order valence-corrected chi connectivity index (χ1v) is 9.58. The molecule has 2 heterocycles. The Morgan fingerprint density at radius 2 is 1.79 bits per heavy atom. The number of piperidine rings is 1. The highest BCUT2D eigenvalue weighted by Crippen LogP contribution is 2.40. The Balaban J connectivity index is 1.71. The summed E-state index contributed by atoms with van der Waals surface area (Å²) in [4.78, 5) is 50.6. The molecule has 7 heteroatoms. The second kappa shape index (κ2) is 7.37. The van der Waals surface area contributed by atoms with Gasteiger partial charge >= 0.3 is 5.97 Å². The number of ether oxygens (including phenoxy) is 1. The highest BCUT2D eigenvalue weighted by atomic mass is 16.6. The molecule has 1 aromatic rings. The van der Waals surface area contributed by atoms with Gasteiger partial charge in [0.25, 0.3) is 0 Å². The lowest BCUT2D eigenvalue weighted by Crippen LogP contribution is -2.51. The molecule has 0 aromatic heterocycles. The lowest BCUT2D eigenvalue weighted by Gasteiger charge is -2.39. The van der Waals surface area contributed by atoms with Gasteiger partial charge in [-0.3, -0.25) is 19.7 Å². The van der Waals surface area contributed by atoms with Crippen molar-refractivity contribution in [1.82, 2.24) is 5.32 Å². The standard InChI is InChI=1S/C21H26N2O5/c1-20(2,3)28-18(26)14-6-8-15(9-7-14)23-12-11-21(13-17(23)25)10-4-5-16(24)22-19(21)27/h6-9H,4-5,10-13H2,1-3H3,(H,22,24,27)/t21-/m1/s1. The smallest absolute Gasteiger partial charge is 0.338 e. The van der Waals surface area contributed by atoms with E-state index in [0.29, 0.717) is 43.5 Å². The predicted molar refractivity (Wildman–Crippen MR) is 103 cm³/mol. The number of esters is 1. The second-order valence-electron chi connectivity index (χ2n) is 8.53. The molecule has 1 spiro atoms. The summed E-state index contributed by atoms with van der Waals surface area (Å²) in [5.41, 5.74) is -0.275. The van der Waals surface area contributed by atoms with Crippen LogP contribution in [0.2, 0.25) is 0 Å². The number of nitrogens with zero attached hydrogens (tertiary/aromatic N) is 1. The van der Waals surface area contributed by atoms with Crippen molar-refractivity contribution in [2.45, 2.75) is 58.5 Å².